The van der Waals surface area contributed by atoms with Gasteiger partial charge in [0.15, 0.2) is 0 Å². The van der Waals surface area contributed by atoms with E-state index in [1.54, 1.807) is 0 Å². The van der Waals surface area contributed by atoms with Gasteiger partial charge in [0, 0.05) is 12.6 Å². The fourth-order valence-electron chi connectivity index (χ4n) is 1.11. The van der Waals surface area contributed by atoms with Crippen LogP contribution >= 0.6 is 0 Å². The normalized spacial score (nSPS) is 13.3. The summed E-state index contributed by atoms with van der Waals surface area (Å²) in [5, 5.41) is 5.96. The maximum atomic E-state index is 11.4. The molecule has 0 aromatic rings. The van der Waals surface area contributed by atoms with Gasteiger partial charge in [-0.25, -0.2) is 4.79 Å². The van der Waals surface area contributed by atoms with Crippen molar-refractivity contribution in [3.63, 3.8) is 0 Å². The van der Waals surface area contributed by atoms with Crippen molar-refractivity contribution in [2.75, 3.05) is 19.6 Å². The fraction of sp³-hybridized carbons (Fsp3) is 0.909. The third-order valence-corrected chi connectivity index (χ3v) is 1.77. The molecule has 1 unspecified atom stereocenters. The molecular weight excluding hydrogens is 206 g/mol. The first-order chi connectivity index (χ1) is 7.35. The SMILES string of the molecule is CC(CNCCCN)NC(=O)OC(C)(C)C. The van der Waals surface area contributed by atoms with Gasteiger partial charge < -0.3 is 21.1 Å². The molecule has 1 amide bonds. The molecule has 0 saturated carbocycles. The second kappa shape index (κ2) is 7.46. The average Bonchev–Trinajstić information content (AvgIpc) is 2.09. The Labute approximate surface area is 98.1 Å². The number of carbonyl (C=O) groups excluding carboxylic acids is 1. The molecule has 0 saturated heterocycles. The predicted molar refractivity (Wildman–Crippen MR) is 65.4 cm³/mol. The molecule has 1 atom stereocenters. The molecule has 5 nitrogen and oxygen atoms in total. The number of amides is 1. The van der Waals surface area contributed by atoms with E-state index in [9.17, 15) is 4.79 Å². The minimum Gasteiger partial charge on any atom is -0.444 e. The highest BCUT2D eigenvalue weighted by Crippen LogP contribution is 2.06. The van der Waals surface area contributed by atoms with Crippen molar-refractivity contribution in [1.82, 2.24) is 10.6 Å². The van der Waals surface area contributed by atoms with Crippen LogP contribution in [0, 0.1) is 0 Å². The molecule has 0 rings (SSSR count). The lowest BCUT2D eigenvalue weighted by Gasteiger charge is -2.22. The molecular formula is C11H25N3O2. The maximum absolute atomic E-state index is 11.4. The number of ether oxygens (including phenoxy) is 1. The molecule has 0 aromatic heterocycles. The monoisotopic (exact) mass is 231 g/mol. The third-order valence-electron chi connectivity index (χ3n) is 1.77. The van der Waals surface area contributed by atoms with Crippen LogP contribution in [0.3, 0.4) is 0 Å². The number of nitrogens with one attached hydrogen (secondary N) is 2. The van der Waals surface area contributed by atoms with Crippen molar-refractivity contribution in [3.8, 4) is 0 Å². The first-order valence-corrected chi connectivity index (χ1v) is 5.75. The lowest BCUT2D eigenvalue weighted by Crippen LogP contribution is -2.42. The lowest BCUT2D eigenvalue weighted by molar-refractivity contribution is 0.0508. The van der Waals surface area contributed by atoms with Crippen molar-refractivity contribution in [2.24, 2.45) is 5.73 Å². The van der Waals surface area contributed by atoms with Gasteiger partial charge in [-0.2, -0.15) is 0 Å². The second-order valence-electron chi connectivity index (χ2n) is 4.89. The molecule has 0 radical (unpaired) electrons. The van der Waals surface area contributed by atoms with Gasteiger partial charge in [0.1, 0.15) is 5.60 Å². The highest BCUT2D eigenvalue weighted by atomic mass is 16.6. The fourth-order valence-corrected chi connectivity index (χ4v) is 1.11. The van der Waals surface area contributed by atoms with Gasteiger partial charge in [-0.1, -0.05) is 0 Å². The molecule has 0 fully saturated rings. The van der Waals surface area contributed by atoms with Crippen LogP contribution in [0.15, 0.2) is 0 Å². The van der Waals surface area contributed by atoms with E-state index in [-0.39, 0.29) is 12.1 Å². The predicted octanol–water partition coefficient (Wildman–Crippen LogP) is 0.838. The molecule has 0 aliphatic carbocycles. The largest absolute Gasteiger partial charge is 0.444 e. The number of nitrogens with two attached hydrogens (primary N) is 1. The molecule has 4 N–H and O–H groups in total. The van der Waals surface area contributed by atoms with E-state index in [2.05, 4.69) is 10.6 Å². The number of carbonyl (C=O) groups is 1. The summed E-state index contributed by atoms with van der Waals surface area (Å²) >= 11 is 0. The van der Waals surface area contributed by atoms with Crippen molar-refractivity contribution in [2.45, 2.75) is 45.8 Å². The maximum Gasteiger partial charge on any atom is 0.407 e. The van der Waals surface area contributed by atoms with Crippen molar-refractivity contribution < 1.29 is 9.53 Å². The van der Waals surface area contributed by atoms with Gasteiger partial charge in [0.05, 0.1) is 0 Å². The molecule has 0 aliphatic rings. The summed E-state index contributed by atoms with van der Waals surface area (Å²) in [7, 11) is 0. The standard InChI is InChI=1S/C11H25N3O2/c1-9(8-13-7-5-6-12)14-10(15)16-11(2,3)4/h9,13H,5-8,12H2,1-4H3,(H,14,15). The van der Waals surface area contributed by atoms with Gasteiger partial charge in [-0.15, -0.1) is 0 Å². The number of alkyl carbamates (subject to hydrolysis) is 1. The summed E-state index contributed by atoms with van der Waals surface area (Å²) in [6.07, 6.45) is 0.569. The second-order valence-corrected chi connectivity index (χ2v) is 4.89. The van der Waals surface area contributed by atoms with Gasteiger partial charge >= 0.3 is 6.09 Å². The van der Waals surface area contributed by atoms with Crippen LogP contribution in [0.2, 0.25) is 0 Å². The van der Waals surface area contributed by atoms with E-state index in [4.69, 9.17) is 10.5 Å². The summed E-state index contributed by atoms with van der Waals surface area (Å²) in [5.41, 5.74) is 4.92. The van der Waals surface area contributed by atoms with Crippen LogP contribution in [0.4, 0.5) is 4.79 Å². The van der Waals surface area contributed by atoms with E-state index < -0.39 is 5.60 Å². The van der Waals surface area contributed by atoms with E-state index in [1.165, 1.54) is 0 Å². The Morgan fingerprint density at radius 1 is 1.44 bits per heavy atom. The van der Waals surface area contributed by atoms with Crippen LogP contribution in [0.1, 0.15) is 34.1 Å². The first kappa shape index (κ1) is 15.2. The number of hydrogen-bond acceptors (Lipinski definition) is 4. The summed E-state index contributed by atoms with van der Waals surface area (Å²) in [4.78, 5) is 11.4. The smallest absolute Gasteiger partial charge is 0.407 e. The Morgan fingerprint density at radius 2 is 2.06 bits per heavy atom. The zero-order chi connectivity index (χ0) is 12.6. The van der Waals surface area contributed by atoms with Crippen molar-refractivity contribution >= 4 is 6.09 Å². The molecule has 96 valence electrons. The van der Waals surface area contributed by atoms with Crippen molar-refractivity contribution in [1.29, 1.82) is 0 Å². The summed E-state index contributed by atoms with van der Waals surface area (Å²) < 4.78 is 5.14. The van der Waals surface area contributed by atoms with Gasteiger partial charge in [0.2, 0.25) is 0 Å². The van der Waals surface area contributed by atoms with Gasteiger partial charge in [-0.05, 0) is 47.2 Å². The third kappa shape index (κ3) is 9.73. The summed E-state index contributed by atoms with van der Waals surface area (Å²) in [6.45, 7) is 9.74. The lowest BCUT2D eigenvalue weighted by atomic mass is 10.2. The van der Waals surface area contributed by atoms with Crippen LogP contribution < -0.4 is 16.4 Å². The molecule has 16 heavy (non-hydrogen) atoms. The van der Waals surface area contributed by atoms with E-state index >= 15 is 0 Å². The van der Waals surface area contributed by atoms with E-state index in [1.807, 2.05) is 27.7 Å². The summed E-state index contributed by atoms with van der Waals surface area (Å²) in [6, 6.07) is 0.0487. The zero-order valence-corrected chi connectivity index (χ0v) is 10.8. The number of hydrogen-bond donors (Lipinski definition) is 3. The average molecular weight is 231 g/mol. The minimum atomic E-state index is -0.448. The quantitative estimate of drug-likeness (QED) is 0.592. The van der Waals surface area contributed by atoms with Gasteiger partial charge in [-0.3, -0.25) is 0 Å². The summed E-state index contributed by atoms with van der Waals surface area (Å²) in [5.74, 6) is 0. The Kier molecular flexibility index (Phi) is 7.08. The van der Waals surface area contributed by atoms with Crippen LogP contribution in [0.25, 0.3) is 0 Å². The zero-order valence-electron chi connectivity index (χ0n) is 10.8. The minimum absolute atomic E-state index is 0.0487. The Bertz CT molecular complexity index is 202. The highest BCUT2D eigenvalue weighted by molar-refractivity contribution is 5.68. The van der Waals surface area contributed by atoms with E-state index in [0.717, 1.165) is 19.5 Å². The Balaban J connectivity index is 3.62. The van der Waals surface area contributed by atoms with Crippen molar-refractivity contribution in [3.05, 3.63) is 0 Å². The molecule has 0 bridgehead atoms. The Hall–Kier alpha value is -0.810. The van der Waals surface area contributed by atoms with Crippen LogP contribution in [-0.4, -0.2) is 37.4 Å². The van der Waals surface area contributed by atoms with Crippen LogP contribution in [0.5, 0.6) is 0 Å². The van der Waals surface area contributed by atoms with Gasteiger partial charge in [0.25, 0.3) is 0 Å². The molecule has 0 aliphatic heterocycles. The first-order valence-electron chi connectivity index (χ1n) is 5.75. The Morgan fingerprint density at radius 3 is 2.56 bits per heavy atom. The number of rotatable bonds is 6. The topological polar surface area (TPSA) is 76.4 Å². The van der Waals surface area contributed by atoms with E-state index in [0.29, 0.717) is 6.54 Å². The molecule has 5 heteroatoms. The van der Waals surface area contributed by atoms with Crippen LogP contribution in [-0.2, 0) is 4.74 Å². The molecule has 0 spiro atoms. The highest BCUT2D eigenvalue weighted by Gasteiger charge is 2.17. The molecule has 0 aromatic carbocycles. The molecule has 0 heterocycles.